The van der Waals surface area contributed by atoms with Crippen LogP contribution in [0.15, 0.2) is 6.20 Å². The fourth-order valence-corrected chi connectivity index (χ4v) is 3.10. The maximum atomic E-state index is 12.8. The molecule has 3 rings (SSSR count). The molecule has 8 heteroatoms. The normalized spacial score (nSPS) is 20.0. The zero-order chi connectivity index (χ0) is 17.3. The molecule has 0 bridgehead atoms. The summed E-state index contributed by atoms with van der Waals surface area (Å²) in [6.07, 6.45) is 2.37. The molecule has 1 N–H and O–H groups in total. The molecule has 2 atom stereocenters. The van der Waals surface area contributed by atoms with Crippen molar-refractivity contribution >= 4 is 5.91 Å². The van der Waals surface area contributed by atoms with E-state index < -0.39 is 0 Å². The van der Waals surface area contributed by atoms with Gasteiger partial charge in [-0.3, -0.25) is 9.48 Å². The predicted molar refractivity (Wildman–Crippen MR) is 87.4 cm³/mol. The van der Waals surface area contributed by atoms with Gasteiger partial charge in [0.1, 0.15) is 11.4 Å². The third-order valence-corrected chi connectivity index (χ3v) is 4.21. The van der Waals surface area contributed by atoms with Gasteiger partial charge < -0.3 is 10.1 Å². The average Bonchev–Trinajstić information content (AvgIpc) is 3.16. The maximum Gasteiger partial charge on any atom is 0.270 e. The molecular weight excluding hydrogens is 308 g/mol. The number of carbonyl (C=O) groups excluding carboxylic acids is 1. The minimum absolute atomic E-state index is 0.0815. The Morgan fingerprint density at radius 1 is 1.33 bits per heavy atom. The number of hydrogen-bond donors (Lipinski definition) is 1. The van der Waals surface area contributed by atoms with E-state index in [1.165, 1.54) is 0 Å². The Morgan fingerprint density at radius 3 is 2.79 bits per heavy atom. The monoisotopic (exact) mass is 332 g/mol. The lowest BCUT2D eigenvalue weighted by atomic mass is 9.99. The van der Waals surface area contributed by atoms with Crippen molar-refractivity contribution < 1.29 is 9.53 Å². The average molecular weight is 332 g/mol. The van der Waals surface area contributed by atoms with E-state index in [1.807, 2.05) is 27.7 Å². The van der Waals surface area contributed by atoms with Gasteiger partial charge in [0.05, 0.1) is 37.2 Å². The van der Waals surface area contributed by atoms with Crippen LogP contribution in [0.3, 0.4) is 0 Å². The molecule has 0 unspecified atom stereocenters. The molecule has 1 amide bonds. The first-order chi connectivity index (χ1) is 11.5. The highest BCUT2D eigenvalue weighted by atomic mass is 16.5. The SMILES string of the molecule is CCn1ncc(CNC(=O)c2c3c(nn2CC)[C@H](C)O[C@H](C)C3)n1. The first-order valence-electron chi connectivity index (χ1n) is 8.45. The summed E-state index contributed by atoms with van der Waals surface area (Å²) in [5, 5.41) is 15.9. The maximum absolute atomic E-state index is 12.8. The third kappa shape index (κ3) is 3.06. The molecule has 0 radical (unpaired) electrons. The molecule has 1 aliphatic heterocycles. The summed E-state index contributed by atoms with van der Waals surface area (Å²) in [4.78, 5) is 14.4. The van der Waals surface area contributed by atoms with Crippen molar-refractivity contribution in [2.75, 3.05) is 0 Å². The standard InChI is InChI=1S/C16H24N6O2/c1-5-21-15(13-7-10(3)24-11(4)14(13)20-21)16(23)17-8-12-9-18-22(6-2)19-12/h9-11H,5-8H2,1-4H3,(H,17,23)/t10-,11+/m1/s1. The molecule has 8 nitrogen and oxygen atoms in total. The van der Waals surface area contributed by atoms with Crippen molar-refractivity contribution in [2.24, 2.45) is 0 Å². The Morgan fingerprint density at radius 2 is 2.12 bits per heavy atom. The number of ether oxygens (including phenoxy) is 1. The number of hydrogen-bond acceptors (Lipinski definition) is 5. The minimum Gasteiger partial charge on any atom is -0.369 e. The summed E-state index contributed by atoms with van der Waals surface area (Å²) >= 11 is 0. The molecule has 0 aromatic carbocycles. The van der Waals surface area contributed by atoms with E-state index in [0.717, 1.165) is 17.0 Å². The predicted octanol–water partition coefficient (Wildman–Crippen LogP) is 1.47. The molecule has 0 fully saturated rings. The van der Waals surface area contributed by atoms with Gasteiger partial charge in [-0.1, -0.05) is 0 Å². The Hall–Kier alpha value is -2.22. The highest BCUT2D eigenvalue weighted by Crippen LogP contribution is 2.31. The van der Waals surface area contributed by atoms with Crippen LogP contribution in [0.4, 0.5) is 0 Å². The summed E-state index contributed by atoms with van der Waals surface area (Å²) < 4.78 is 7.59. The summed E-state index contributed by atoms with van der Waals surface area (Å²) in [5.41, 5.74) is 3.25. The van der Waals surface area contributed by atoms with Gasteiger partial charge in [0, 0.05) is 18.5 Å². The van der Waals surface area contributed by atoms with Gasteiger partial charge >= 0.3 is 0 Å². The second-order valence-electron chi connectivity index (χ2n) is 6.03. The topological polar surface area (TPSA) is 86.9 Å². The Kier molecular flexibility index (Phi) is 4.66. The second kappa shape index (κ2) is 6.72. The Bertz CT molecular complexity index is 735. The number of amides is 1. The molecule has 0 saturated carbocycles. The van der Waals surface area contributed by atoms with Crippen LogP contribution < -0.4 is 5.32 Å². The van der Waals surface area contributed by atoms with Crippen molar-refractivity contribution in [3.8, 4) is 0 Å². The number of aromatic nitrogens is 5. The van der Waals surface area contributed by atoms with Crippen LogP contribution in [0, 0.1) is 0 Å². The lowest BCUT2D eigenvalue weighted by Gasteiger charge is -2.24. The van der Waals surface area contributed by atoms with E-state index in [0.29, 0.717) is 31.7 Å². The highest BCUT2D eigenvalue weighted by Gasteiger charge is 2.31. The molecule has 24 heavy (non-hydrogen) atoms. The van der Waals surface area contributed by atoms with E-state index in [4.69, 9.17) is 4.74 Å². The lowest BCUT2D eigenvalue weighted by Crippen LogP contribution is -2.29. The molecule has 0 spiro atoms. The quantitative estimate of drug-likeness (QED) is 0.896. The highest BCUT2D eigenvalue weighted by molar-refractivity contribution is 5.94. The van der Waals surface area contributed by atoms with Gasteiger partial charge in [-0.25, -0.2) is 0 Å². The third-order valence-electron chi connectivity index (χ3n) is 4.21. The summed E-state index contributed by atoms with van der Waals surface area (Å²) in [5.74, 6) is -0.127. The van der Waals surface area contributed by atoms with E-state index in [1.54, 1.807) is 15.7 Å². The van der Waals surface area contributed by atoms with Crippen LogP contribution in [0.2, 0.25) is 0 Å². The largest absolute Gasteiger partial charge is 0.369 e. The summed E-state index contributed by atoms with van der Waals surface area (Å²) in [7, 11) is 0. The lowest BCUT2D eigenvalue weighted by molar-refractivity contribution is -0.00712. The fraction of sp³-hybridized carbons (Fsp3) is 0.625. The molecule has 0 saturated heterocycles. The number of carbonyl (C=O) groups is 1. The van der Waals surface area contributed by atoms with Gasteiger partial charge in [0.2, 0.25) is 0 Å². The van der Waals surface area contributed by atoms with E-state index in [-0.39, 0.29) is 18.1 Å². The second-order valence-corrected chi connectivity index (χ2v) is 6.03. The Balaban J connectivity index is 1.81. The van der Waals surface area contributed by atoms with Gasteiger partial charge in [-0.05, 0) is 27.7 Å². The van der Waals surface area contributed by atoms with E-state index in [9.17, 15) is 4.79 Å². The van der Waals surface area contributed by atoms with Gasteiger partial charge in [-0.15, -0.1) is 0 Å². The van der Waals surface area contributed by atoms with Crippen molar-refractivity contribution in [3.05, 3.63) is 28.8 Å². The van der Waals surface area contributed by atoms with Crippen LogP contribution in [0.5, 0.6) is 0 Å². The fourth-order valence-electron chi connectivity index (χ4n) is 3.10. The first-order valence-corrected chi connectivity index (χ1v) is 8.45. The number of aryl methyl sites for hydroxylation is 2. The molecule has 3 heterocycles. The minimum atomic E-state index is -0.127. The molecule has 0 aliphatic carbocycles. The van der Waals surface area contributed by atoms with Crippen LogP contribution in [0.25, 0.3) is 0 Å². The van der Waals surface area contributed by atoms with Gasteiger partial charge in [0.25, 0.3) is 5.91 Å². The zero-order valence-electron chi connectivity index (χ0n) is 14.6. The van der Waals surface area contributed by atoms with Gasteiger partial charge in [0.15, 0.2) is 0 Å². The van der Waals surface area contributed by atoms with Gasteiger partial charge in [-0.2, -0.15) is 20.1 Å². The van der Waals surface area contributed by atoms with Crippen LogP contribution in [0.1, 0.15) is 61.2 Å². The Labute approximate surface area is 141 Å². The molecule has 1 aliphatic rings. The molecular formula is C16H24N6O2. The van der Waals surface area contributed by atoms with Crippen molar-refractivity contribution in [1.82, 2.24) is 30.1 Å². The van der Waals surface area contributed by atoms with Crippen molar-refractivity contribution in [3.63, 3.8) is 0 Å². The smallest absolute Gasteiger partial charge is 0.270 e. The number of nitrogens with one attached hydrogen (secondary N) is 1. The summed E-state index contributed by atoms with van der Waals surface area (Å²) in [6.45, 7) is 9.66. The van der Waals surface area contributed by atoms with Crippen LogP contribution >= 0.6 is 0 Å². The number of fused-ring (bicyclic) bond motifs is 1. The zero-order valence-corrected chi connectivity index (χ0v) is 14.6. The van der Waals surface area contributed by atoms with E-state index >= 15 is 0 Å². The first kappa shape index (κ1) is 16.6. The summed E-state index contributed by atoms with van der Waals surface area (Å²) in [6, 6.07) is 0. The van der Waals surface area contributed by atoms with Crippen molar-refractivity contribution in [1.29, 1.82) is 0 Å². The molecule has 2 aromatic heterocycles. The molecule has 130 valence electrons. The number of rotatable bonds is 5. The molecule has 2 aromatic rings. The van der Waals surface area contributed by atoms with Crippen LogP contribution in [-0.2, 0) is 30.8 Å². The number of nitrogens with zero attached hydrogens (tertiary/aromatic N) is 5. The van der Waals surface area contributed by atoms with E-state index in [2.05, 4.69) is 20.6 Å². The van der Waals surface area contributed by atoms with Crippen LogP contribution in [-0.4, -0.2) is 36.8 Å². The van der Waals surface area contributed by atoms with Crippen molar-refractivity contribution in [2.45, 2.75) is 66.0 Å².